The molecular weight excluding hydrogens is 363 g/mol. The van der Waals surface area contributed by atoms with Crippen molar-refractivity contribution in [1.82, 2.24) is 9.97 Å². The van der Waals surface area contributed by atoms with Gasteiger partial charge < -0.3 is 10.2 Å². The smallest absolute Gasteiger partial charge is 0.227 e. The van der Waals surface area contributed by atoms with Crippen molar-refractivity contribution in [3.8, 4) is 0 Å². The minimum atomic E-state index is 0.0179. The lowest BCUT2D eigenvalue weighted by atomic mass is 9.92. The number of rotatable bonds is 6. The Morgan fingerprint density at radius 3 is 2.15 bits per heavy atom. The first-order chi connectivity index (χ1) is 9.35. The molecule has 0 atom stereocenters. The summed E-state index contributed by atoms with van der Waals surface area (Å²) in [4.78, 5) is 11.7. The van der Waals surface area contributed by atoms with Gasteiger partial charge in [-0.3, -0.25) is 0 Å². The third kappa shape index (κ3) is 4.20. The Balaban J connectivity index is 3.33. The molecule has 0 saturated carbocycles. The van der Waals surface area contributed by atoms with E-state index in [0.29, 0.717) is 0 Å². The van der Waals surface area contributed by atoms with Crippen LogP contribution in [0.5, 0.6) is 0 Å². The number of nitrogens with one attached hydrogen (secondary N) is 1. The third-order valence-electron chi connectivity index (χ3n) is 3.14. The summed E-state index contributed by atoms with van der Waals surface area (Å²) in [7, 11) is 0. The van der Waals surface area contributed by atoms with Crippen LogP contribution in [0.3, 0.4) is 0 Å². The molecule has 1 aromatic rings. The molecule has 0 spiro atoms. The molecule has 0 aliphatic heterocycles. The highest BCUT2D eigenvalue weighted by atomic mass is 127. The van der Waals surface area contributed by atoms with Crippen LogP contribution in [0, 0.1) is 3.57 Å². The van der Waals surface area contributed by atoms with Crippen LogP contribution in [0.2, 0.25) is 0 Å². The van der Waals surface area contributed by atoms with E-state index in [1.165, 1.54) is 0 Å². The maximum atomic E-state index is 4.82. The Morgan fingerprint density at radius 2 is 1.70 bits per heavy atom. The van der Waals surface area contributed by atoms with Crippen molar-refractivity contribution in [2.45, 2.75) is 53.4 Å². The standard InChI is InChI=1S/C15H27IN4/c1-7-10-17-13-11(16)12(15(4,5)6)18-14(19-13)20(8-2)9-3/h7-10H2,1-6H3,(H,17,18,19). The Kier molecular flexibility index (Phi) is 6.48. The predicted molar refractivity (Wildman–Crippen MR) is 95.8 cm³/mol. The van der Waals surface area contributed by atoms with Gasteiger partial charge in [0.05, 0.1) is 9.26 Å². The van der Waals surface area contributed by atoms with Gasteiger partial charge in [0, 0.05) is 25.0 Å². The first kappa shape index (κ1) is 17.5. The summed E-state index contributed by atoms with van der Waals surface area (Å²) in [6.45, 7) is 15.8. The highest BCUT2D eigenvalue weighted by Gasteiger charge is 2.24. The van der Waals surface area contributed by atoms with Gasteiger partial charge in [0.2, 0.25) is 5.95 Å². The van der Waals surface area contributed by atoms with Gasteiger partial charge in [-0.2, -0.15) is 4.98 Å². The van der Waals surface area contributed by atoms with Gasteiger partial charge in [0.25, 0.3) is 0 Å². The number of halogens is 1. The van der Waals surface area contributed by atoms with Crippen molar-refractivity contribution in [2.24, 2.45) is 0 Å². The minimum absolute atomic E-state index is 0.0179. The van der Waals surface area contributed by atoms with Crippen LogP contribution in [-0.4, -0.2) is 29.6 Å². The van der Waals surface area contributed by atoms with Gasteiger partial charge in [-0.1, -0.05) is 27.7 Å². The third-order valence-corrected chi connectivity index (χ3v) is 4.16. The summed E-state index contributed by atoms with van der Waals surface area (Å²) in [6, 6.07) is 0. The van der Waals surface area contributed by atoms with Crippen LogP contribution < -0.4 is 10.2 Å². The number of anilines is 2. The summed E-state index contributed by atoms with van der Waals surface area (Å²) in [5, 5.41) is 3.43. The van der Waals surface area contributed by atoms with Gasteiger partial charge in [-0.15, -0.1) is 0 Å². The first-order valence-corrected chi connectivity index (χ1v) is 8.49. The van der Waals surface area contributed by atoms with E-state index in [4.69, 9.17) is 9.97 Å². The minimum Gasteiger partial charge on any atom is -0.369 e. The second-order valence-corrected chi connectivity index (χ2v) is 6.96. The summed E-state index contributed by atoms with van der Waals surface area (Å²) in [5.41, 5.74) is 1.14. The lowest BCUT2D eigenvalue weighted by molar-refractivity contribution is 0.561. The highest BCUT2D eigenvalue weighted by molar-refractivity contribution is 14.1. The number of nitrogens with zero attached hydrogens (tertiary/aromatic N) is 3. The van der Waals surface area contributed by atoms with Crippen LogP contribution in [0.1, 0.15) is 53.7 Å². The van der Waals surface area contributed by atoms with E-state index >= 15 is 0 Å². The van der Waals surface area contributed by atoms with Crippen molar-refractivity contribution in [2.75, 3.05) is 29.9 Å². The molecule has 0 saturated heterocycles. The van der Waals surface area contributed by atoms with Crippen LogP contribution in [0.15, 0.2) is 0 Å². The van der Waals surface area contributed by atoms with Crippen molar-refractivity contribution >= 4 is 34.4 Å². The normalized spacial score (nSPS) is 11.6. The zero-order valence-electron chi connectivity index (χ0n) is 13.5. The summed E-state index contributed by atoms with van der Waals surface area (Å²) < 4.78 is 1.14. The number of hydrogen-bond acceptors (Lipinski definition) is 4. The molecule has 0 fully saturated rings. The Bertz CT molecular complexity index is 436. The van der Waals surface area contributed by atoms with Gasteiger partial charge in [0.1, 0.15) is 5.82 Å². The van der Waals surface area contributed by atoms with Crippen LogP contribution in [0.4, 0.5) is 11.8 Å². The fourth-order valence-electron chi connectivity index (χ4n) is 1.94. The lowest BCUT2D eigenvalue weighted by Crippen LogP contribution is -2.27. The molecule has 0 unspecified atom stereocenters. The van der Waals surface area contributed by atoms with Crippen molar-refractivity contribution < 1.29 is 0 Å². The molecule has 0 amide bonds. The quantitative estimate of drug-likeness (QED) is 0.745. The molecule has 1 aromatic heterocycles. The van der Waals surface area contributed by atoms with E-state index in [0.717, 1.165) is 47.1 Å². The maximum absolute atomic E-state index is 4.82. The molecule has 20 heavy (non-hydrogen) atoms. The Hall–Kier alpha value is -0.590. The molecule has 0 aliphatic rings. The fourth-order valence-corrected chi connectivity index (χ4v) is 3.18. The molecule has 1 rings (SSSR count). The average molecular weight is 390 g/mol. The summed E-state index contributed by atoms with van der Waals surface area (Å²) in [5.74, 6) is 1.80. The monoisotopic (exact) mass is 390 g/mol. The van der Waals surface area contributed by atoms with E-state index in [1.54, 1.807) is 0 Å². The van der Waals surface area contributed by atoms with Crippen LogP contribution in [0.25, 0.3) is 0 Å². The van der Waals surface area contributed by atoms with E-state index in [1.807, 2.05) is 0 Å². The molecule has 0 aromatic carbocycles. The summed E-state index contributed by atoms with van der Waals surface area (Å²) in [6.07, 6.45) is 1.09. The molecule has 1 heterocycles. The molecular formula is C15H27IN4. The topological polar surface area (TPSA) is 41.1 Å². The van der Waals surface area contributed by atoms with Crippen molar-refractivity contribution in [3.05, 3.63) is 9.26 Å². The van der Waals surface area contributed by atoms with Crippen molar-refractivity contribution in [1.29, 1.82) is 0 Å². The Morgan fingerprint density at radius 1 is 1.10 bits per heavy atom. The average Bonchev–Trinajstić information content (AvgIpc) is 2.38. The van der Waals surface area contributed by atoms with E-state index in [-0.39, 0.29) is 5.41 Å². The molecule has 5 heteroatoms. The van der Waals surface area contributed by atoms with Gasteiger partial charge in [0.15, 0.2) is 0 Å². The van der Waals surface area contributed by atoms with Crippen LogP contribution in [-0.2, 0) is 5.41 Å². The Labute approximate surface area is 136 Å². The molecule has 4 nitrogen and oxygen atoms in total. The molecule has 0 radical (unpaired) electrons. The van der Waals surface area contributed by atoms with Gasteiger partial charge in [-0.25, -0.2) is 4.98 Å². The van der Waals surface area contributed by atoms with E-state index in [2.05, 4.69) is 74.3 Å². The second kappa shape index (κ2) is 7.43. The largest absolute Gasteiger partial charge is 0.369 e. The SMILES string of the molecule is CCCNc1nc(N(CC)CC)nc(C(C)(C)C)c1I. The first-order valence-electron chi connectivity index (χ1n) is 7.41. The maximum Gasteiger partial charge on any atom is 0.227 e. The number of hydrogen-bond donors (Lipinski definition) is 1. The van der Waals surface area contributed by atoms with E-state index in [9.17, 15) is 0 Å². The molecule has 1 N–H and O–H groups in total. The van der Waals surface area contributed by atoms with Gasteiger partial charge in [-0.05, 0) is 42.9 Å². The zero-order valence-corrected chi connectivity index (χ0v) is 15.7. The fraction of sp³-hybridized carbons (Fsp3) is 0.733. The lowest BCUT2D eigenvalue weighted by Gasteiger charge is -2.25. The molecule has 0 aliphatic carbocycles. The summed E-state index contributed by atoms with van der Waals surface area (Å²) >= 11 is 2.36. The van der Waals surface area contributed by atoms with Crippen LogP contribution >= 0.6 is 22.6 Å². The number of aromatic nitrogens is 2. The van der Waals surface area contributed by atoms with Crippen molar-refractivity contribution in [3.63, 3.8) is 0 Å². The second-order valence-electron chi connectivity index (χ2n) is 5.88. The van der Waals surface area contributed by atoms with E-state index < -0.39 is 0 Å². The highest BCUT2D eigenvalue weighted by Crippen LogP contribution is 2.31. The zero-order chi connectivity index (χ0) is 15.3. The van der Waals surface area contributed by atoms with Gasteiger partial charge >= 0.3 is 0 Å². The predicted octanol–water partition coefficient (Wildman–Crippen LogP) is 4.05. The molecule has 0 bridgehead atoms. The molecule has 114 valence electrons.